The van der Waals surface area contributed by atoms with Crippen LogP contribution in [0.3, 0.4) is 0 Å². The van der Waals surface area contributed by atoms with Crippen LogP contribution in [0.25, 0.3) is 0 Å². The summed E-state index contributed by atoms with van der Waals surface area (Å²) in [7, 11) is 0. The van der Waals surface area contributed by atoms with E-state index in [0.29, 0.717) is 17.4 Å². The lowest BCUT2D eigenvalue weighted by atomic mass is 10.2. The van der Waals surface area contributed by atoms with Gasteiger partial charge in [0.25, 0.3) is 0 Å². The van der Waals surface area contributed by atoms with E-state index in [1.54, 1.807) is 30.5 Å². The van der Waals surface area contributed by atoms with Gasteiger partial charge in [-0.2, -0.15) is 0 Å². The molecule has 0 saturated heterocycles. The van der Waals surface area contributed by atoms with Crippen molar-refractivity contribution in [3.05, 3.63) is 78.5 Å². The zero-order valence-corrected chi connectivity index (χ0v) is 14.0. The maximum Gasteiger partial charge on any atom is 0.339 e. The molecule has 0 radical (unpaired) electrons. The molecule has 1 heterocycles. The molecule has 5 nitrogen and oxygen atoms in total. The molecule has 1 N–H and O–H groups in total. The van der Waals surface area contributed by atoms with Crippen molar-refractivity contribution in [3.8, 4) is 17.4 Å². The molecule has 0 unspecified atom stereocenters. The number of hydrogen-bond donors (Lipinski definition) is 1. The van der Waals surface area contributed by atoms with Crippen molar-refractivity contribution in [2.45, 2.75) is 4.90 Å². The van der Waals surface area contributed by atoms with Crippen molar-refractivity contribution in [2.75, 3.05) is 5.94 Å². The van der Waals surface area contributed by atoms with E-state index in [1.807, 2.05) is 36.4 Å². The average molecular weight is 353 g/mol. The SMILES string of the molecule is O=C(O)c1ccccc1OCSc1cccc(Oc2ccccn2)c1. The predicted octanol–water partition coefficient (Wildman–Crippen LogP) is 4.70. The maximum atomic E-state index is 11.2. The lowest BCUT2D eigenvalue weighted by Gasteiger charge is -2.09. The molecule has 2 aromatic carbocycles. The van der Waals surface area contributed by atoms with Crippen molar-refractivity contribution in [1.82, 2.24) is 4.98 Å². The van der Waals surface area contributed by atoms with Crippen LogP contribution in [-0.2, 0) is 0 Å². The van der Waals surface area contributed by atoms with E-state index >= 15 is 0 Å². The van der Waals surface area contributed by atoms with Gasteiger partial charge in [-0.15, -0.1) is 0 Å². The molecule has 25 heavy (non-hydrogen) atoms. The van der Waals surface area contributed by atoms with Gasteiger partial charge < -0.3 is 14.6 Å². The normalized spacial score (nSPS) is 10.2. The Morgan fingerprint density at radius 3 is 2.68 bits per heavy atom. The summed E-state index contributed by atoms with van der Waals surface area (Å²) in [6, 6.07) is 19.6. The molecule has 0 saturated carbocycles. The van der Waals surface area contributed by atoms with Crippen LogP contribution in [0.15, 0.2) is 77.8 Å². The summed E-state index contributed by atoms with van der Waals surface area (Å²) in [5, 5.41) is 9.15. The minimum absolute atomic E-state index is 0.148. The summed E-state index contributed by atoms with van der Waals surface area (Å²) < 4.78 is 11.3. The van der Waals surface area contributed by atoms with E-state index in [1.165, 1.54) is 17.8 Å². The van der Waals surface area contributed by atoms with Crippen LogP contribution < -0.4 is 9.47 Å². The van der Waals surface area contributed by atoms with E-state index in [0.717, 1.165) is 4.90 Å². The summed E-state index contributed by atoms with van der Waals surface area (Å²) in [6.07, 6.45) is 1.67. The number of hydrogen-bond acceptors (Lipinski definition) is 5. The average Bonchev–Trinajstić information content (AvgIpc) is 2.63. The van der Waals surface area contributed by atoms with Crippen LogP contribution in [-0.4, -0.2) is 22.0 Å². The number of carboxylic acids is 1. The monoisotopic (exact) mass is 353 g/mol. The Balaban J connectivity index is 1.61. The quantitative estimate of drug-likeness (QED) is 0.490. The van der Waals surface area contributed by atoms with Crippen LogP contribution in [0, 0.1) is 0 Å². The highest BCUT2D eigenvalue weighted by molar-refractivity contribution is 7.99. The minimum atomic E-state index is -1.01. The minimum Gasteiger partial charge on any atom is -0.482 e. The molecule has 3 aromatic rings. The zero-order valence-electron chi connectivity index (χ0n) is 13.2. The lowest BCUT2D eigenvalue weighted by molar-refractivity contribution is 0.0693. The van der Waals surface area contributed by atoms with E-state index in [2.05, 4.69) is 4.98 Å². The highest BCUT2D eigenvalue weighted by Crippen LogP contribution is 2.27. The van der Waals surface area contributed by atoms with E-state index in [-0.39, 0.29) is 11.5 Å². The third kappa shape index (κ3) is 4.74. The van der Waals surface area contributed by atoms with Gasteiger partial charge >= 0.3 is 5.97 Å². The van der Waals surface area contributed by atoms with Gasteiger partial charge in [-0.25, -0.2) is 9.78 Å². The van der Waals surface area contributed by atoms with Gasteiger partial charge in [0.05, 0.1) is 0 Å². The fourth-order valence-corrected chi connectivity index (χ4v) is 2.78. The van der Waals surface area contributed by atoms with Crippen LogP contribution in [0.4, 0.5) is 0 Å². The summed E-state index contributed by atoms with van der Waals surface area (Å²) in [4.78, 5) is 16.2. The largest absolute Gasteiger partial charge is 0.482 e. The molecular weight excluding hydrogens is 338 g/mol. The molecule has 0 spiro atoms. The number of carbonyl (C=O) groups is 1. The van der Waals surface area contributed by atoms with Crippen molar-refractivity contribution < 1.29 is 19.4 Å². The first-order valence-electron chi connectivity index (χ1n) is 7.49. The molecule has 0 atom stereocenters. The topological polar surface area (TPSA) is 68.7 Å². The van der Waals surface area contributed by atoms with Crippen LogP contribution >= 0.6 is 11.8 Å². The van der Waals surface area contributed by atoms with Gasteiger partial charge in [0.15, 0.2) is 0 Å². The second kappa shape index (κ2) is 8.21. The fourth-order valence-electron chi connectivity index (χ4n) is 2.09. The Morgan fingerprint density at radius 2 is 1.88 bits per heavy atom. The summed E-state index contributed by atoms with van der Waals surface area (Å²) in [6.45, 7) is 0. The molecule has 3 rings (SSSR count). The molecule has 126 valence electrons. The smallest absolute Gasteiger partial charge is 0.339 e. The zero-order chi connectivity index (χ0) is 17.5. The first kappa shape index (κ1) is 16.9. The predicted molar refractivity (Wildman–Crippen MR) is 95.5 cm³/mol. The van der Waals surface area contributed by atoms with Crippen molar-refractivity contribution in [3.63, 3.8) is 0 Å². The van der Waals surface area contributed by atoms with E-state index in [9.17, 15) is 4.79 Å². The Hall–Kier alpha value is -2.99. The molecule has 0 aliphatic heterocycles. The number of thioether (sulfide) groups is 1. The second-order valence-corrected chi connectivity index (χ2v) is 5.95. The third-order valence-electron chi connectivity index (χ3n) is 3.22. The fraction of sp³-hybridized carbons (Fsp3) is 0.0526. The second-order valence-electron chi connectivity index (χ2n) is 4.95. The highest BCUT2D eigenvalue weighted by Gasteiger charge is 2.10. The van der Waals surface area contributed by atoms with Crippen LogP contribution in [0.2, 0.25) is 0 Å². The molecule has 0 amide bonds. The Morgan fingerprint density at radius 1 is 1.04 bits per heavy atom. The number of ether oxygens (including phenoxy) is 2. The Labute approximate surface area is 149 Å². The number of aromatic carboxylic acids is 1. The molecule has 0 fully saturated rings. The molecule has 0 bridgehead atoms. The number of nitrogens with zero attached hydrogens (tertiary/aromatic N) is 1. The van der Waals surface area contributed by atoms with Crippen molar-refractivity contribution >= 4 is 17.7 Å². The third-order valence-corrected chi connectivity index (χ3v) is 4.05. The van der Waals surface area contributed by atoms with Crippen molar-refractivity contribution in [2.24, 2.45) is 0 Å². The summed E-state index contributed by atoms with van der Waals surface area (Å²) in [5.74, 6) is 0.831. The van der Waals surface area contributed by atoms with E-state index in [4.69, 9.17) is 14.6 Å². The first-order chi connectivity index (χ1) is 12.2. The van der Waals surface area contributed by atoms with E-state index < -0.39 is 5.97 Å². The number of carboxylic acid groups (broad SMARTS) is 1. The summed E-state index contributed by atoms with van der Waals surface area (Å²) in [5.41, 5.74) is 0.148. The lowest BCUT2D eigenvalue weighted by Crippen LogP contribution is -2.02. The highest BCUT2D eigenvalue weighted by atomic mass is 32.2. The first-order valence-corrected chi connectivity index (χ1v) is 8.48. The molecule has 6 heteroatoms. The molecule has 1 aromatic heterocycles. The number of benzene rings is 2. The van der Waals surface area contributed by atoms with Gasteiger partial charge in [-0.1, -0.05) is 36.0 Å². The van der Waals surface area contributed by atoms with Gasteiger partial charge in [-0.3, -0.25) is 0 Å². The number of para-hydroxylation sites is 1. The van der Waals surface area contributed by atoms with Crippen molar-refractivity contribution in [1.29, 1.82) is 0 Å². The van der Waals surface area contributed by atoms with Gasteiger partial charge in [0.1, 0.15) is 23.0 Å². The van der Waals surface area contributed by atoms with Crippen LogP contribution in [0.5, 0.6) is 17.4 Å². The Kier molecular flexibility index (Phi) is 5.53. The molecule has 0 aliphatic rings. The van der Waals surface area contributed by atoms with Gasteiger partial charge in [-0.05, 0) is 36.4 Å². The number of aromatic nitrogens is 1. The standard InChI is InChI=1S/C19H15NO4S/c21-19(22)16-8-1-2-9-17(16)23-13-25-15-7-5-6-14(12-15)24-18-10-3-4-11-20-18/h1-12H,13H2,(H,21,22). The summed E-state index contributed by atoms with van der Waals surface area (Å²) >= 11 is 1.44. The number of rotatable bonds is 7. The maximum absolute atomic E-state index is 11.2. The van der Waals surface area contributed by atoms with Gasteiger partial charge in [0, 0.05) is 17.2 Å². The molecular formula is C19H15NO4S. The van der Waals surface area contributed by atoms with Crippen LogP contribution in [0.1, 0.15) is 10.4 Å². The van der Waals surface area contributed by atoms with Gasteiger partial charge in [0.2, 0.25) is 5.88 Å². The Bertz CT molecular complexity index is 855. The molecule has 0 aliphatic carbocycles. The number of pyridine rings is 1.